The van der Waals surface area contributed by atoms with Crippen LogP contribution in [0.25, 0.3) is 193 Å². The number of hydrogen-bond acceptors (Lipinski definition) is 14. The van der Waals surface area contributed by atoms with E-state index in [1.54, 1.807) is 36.4 Å². The number of hydrogen-bond donors (Lipinski definition) is 0. The van der Waals surface area contributed by atoms with Crippen LogP contribution in [-0.2, 0) is 0 Å². The van der Waals surface area contributed by atoms with E-state index in [0.717, 1.165) is 62.1 Å². The molecule has 17 heteroatoms. The second kappa shape index (κ2) is 39.1. The van der Waals surface area contributed by atoms with Crippen molar-refractivity contribution in [3.05, 3.63) is 513 Å². The summed E-state index contributed by atoms with van der Waals surface area (Å²) < 4.78 is 7.18. The molecule has 0 atom stereocenters. The van der Waals surface area contributed by atoms with Crippen LogP contribution in [0.2, 0.25) is 0 Å². The van der Waals surface area contributed by atoms with E-state index in [4.69, 9.17) is 0 Å². The number of anilines is 6. The third kappa shape index (κ3) is 16.8. The molecule has 149 heavy (non-hydrogen) atoms. The highest BCUT2D eigenvalue weighted by Gasteiger charge is 2.27. The number of para-hydroxylation sites is 5. The number of benzene rings is 20. The molecule has 20 aromatic carbocycles. The van der Waals surface area contributed by atoms with E-state index in [-0.39, 0.29) is 67.3 Å². The SMILES string of the molecule is N#Cc1nc2c3nc(C#N)c(C#N)nc3c3nc(C#N)c(C#N)nc3c2nc1C#N.c1ccc(-c2ccc(N(c3ccc(-c4ccccc4)cc3)c3ccc(-c4ccc(N(c5ccc(-c6ccccc6)cc5)c5ccc(-c6ccccc6)cc5-c5ccccc5)cc4)cc3)cc2)cc1.c1ccc(-n2c3ccccc3c3cc(-c4ccc5c(c4)c4ccccc4n5-c4ccc5c(c4)c4ccccc4n5-c4ccccc4)ccc32)cc1. The molecule has 0 aliphatic heterocycles. The lowest BCUT2D eigenvalue weighted by Crippen LogP contribution is -2.11. The molecule has 6 aromatic heterocycles. The molecular formula is C132H79N17. The highest BCUT2D eigenvalue weighted by molar-refractivity contribution is 6.19. The number of nitrogens with zero attached hydrogens (tertiary/aromatic N) is 17. The molecule has 0 aliphatic rings. The van der Waals surface area contributed by atoms with Crippen LogP contribution in [0.3, 0.4) is 0 Å². The molecular weight excluding hydrogens is 1820 g/mol. The molecule has 0 N–H and O–H groups in total. The first-order chi connectivity index (χ1) is 73.6. The number of fused-ring (bicyclic) bond motifs is 15. The molecule has 0 spiro atoms. The molecule has 0 unspecified atom stereocenters. The average Bonchev–Trinajstić information content (AvgIpc) is 1.71. The Kier molecular flexibility index (Phi) is 23.6. The molecule has 0 saturated carbocycles. The van der Waals surface area contributed by atoms with Gasteiger partial charge in [-0.1, -0.05) is 322 Å². The molecule has 0 aliphatic carbocycles. The summed E-state index contributed by atoms with van der Waals surface area (Å²) in [5.74, 6) is 0. The van der Waals surface area contributed by atoms with Crippen molar-refractivity contribution < 1.29 is 0 Å². The number of rotatable bonds is 16. The second-order valence-electron chi connectivity index (χ2n) is 35.9. The smallest absolute Gasteiger partial charge is 0.177 e. The Morgan fingerprint density at radius 2 is 0.376 bits per heavy atom. The first kappa shape index (κ1) is 89.9. The summed E-state index contributed by atoms with van der Waals surface area (Å²) in [6.45, 7) is 0. The highest BCUT2D eigenvalue weighted by atomic mass is 15.2. The first-order valence-corrected chi connectivity index (χ1v) is 48.5. The van der Waals surface area contributed by atoms with E-state index in [9.17, 15) is 31.6 Å². The van der Waals surface area contributed by atoms with Crippen molar-refractivity contribution in [3.8, 4) is 131 Å². The van der Waals surface area contributed by atoms with Gasteiger partial charge < -0.3 is 23.5 Å². The Bertz CT molecular complexity index is 9540. The van der Waals surface area contributed by atoms with Gasteiger partial charge in [-0.3, -0.25) is 0 Å². The summed E-state index contributed by atoms with van der Waals surface area (Å²) in [4.78, 5) is 29.4. The van der Waals surface area contributed by atoms with Crippen molar-refractivity contribution in [3.63, 3.8) is 0 Å². The predicted octanol–water partition coefficient (Wildman–Crippen LogP) is 32.0. The summed E-state index contributed by atoms with van der Waals surface area (Å²) >= 11 is 0. The fraction of sp³-hybridized carbons (Fsp3) is 0. The van der Waals surface area contributed by atoms with Gasteiger partial charge in [-0.05, 0) is 230 Å². The second-order valence-corrected chi connectivity index (χ2v) is 35.9. The van der Waals surface area contributed by atoms with Crippen molar-refractivity contribution in [1.29, 1.82) is 31.6 Å². The summed E-state index contributed by atoms with van der Waals surface area (Å²) in [5, 5.41) is 63.2. The van der Waals surface area contributed by atoms with Crippen molar-refractivity contribution in [1.82, 2.24) is 43.6 Å². The minimum absolute atomic E-state index is 0.0237. The minimum Gasteiger partial charge on any atom is -0.311 e. The van der Waals surface area contributed by atoms with Gasteiger partial charge in [0.1, 0.15) is 69.5 Å². The van der Waals surface area contributed by atoms with Crippen LogP contribution in [0.5, 0.6) is 0 Å². The Morgan fingerprint density at radius 3 is 0.678 bits per heavy atom. The van der Waals surface area contributed by atoms with Crippen molar-refractivity contribution >= 4 is 133 Å². The largest absolute Gasteiger partial charge is 0.311 e. The van der Waals surface area contributed by atoms with Crippen molar-refractivity contribution in [2.75, 3.05) is 9.80 Å². The normalized spacial score (nSPS) is 11.0. The quantitative estimate of drug-likeness (QED) is 0.0817. The lowest BCUT2D eigenvalue weighted by atomic mass is 9.96. The van der Waals surface area contributed by atoms with E-state index < -0.39 is 0 Å². The summed E-state index contributed by atoms with van der Waals surface area (Å²) in [6, 6.07) is 183. The maximum atomic E-state index is 9.29. The third-order valence-corrected chi connectivity index (χ3v) is 27.3. The van der Waals surface area contributed by atoms with Gasteiger partial charge in [-0.2, -0.15) is 31.6 Å². The van der Waals surface area contributed by atoms with Crippen molar-refractivity contribution in [2.45, 2.75) is 0 Å². The van der Waals surface area contributed by atoms with E-state index in [1.807, 2.05) is 0 Å². The average molecular weight is 1900 g/mol. The van der Waals surface area contributed by atoms with Crippen LogP contribution < -0.4 is 9.80 Å². The Morgan fingerprint density at radius 1 is 0.161 bits per heavy atom. The predicted molar refractivity (Wildman–Crippen MR) is 597 cm³/mol. The fourth-order valence-corrected chi connectivity index (χ4v) is 20.3. The molecule has 26 aromatic rings. The Balaban J connectivity index is 0.000000128. The monoisotopic (exact) mass is 1900 g/mol. The van der Waals surface area contributed by atoms with E-state index in [2.05, 4.69) is 533 Å². The van der Waals surface area contributed by atoms with Gasteiger partial charge in [0.15, 0.2) is 34.2 Å². The van der Waals surface area contributed by atoms with Gasteiger partial charge in [0, 0.05) is 83.4 Å². The summed E-state index contributed by atoms with van der Waals surface area (Å²) in [7, 11) is 0. The standard InChI is InChI=1S/C66H48N2.C48H31N3.C18N12/c1-6-16-49(17-7-1)53-26-37-60(38-27-53)67(61-39-28-54(29-40-61)50-18-8-2-9-19-50)62-41-30-56(31-42-62)57-34-45-64(46-35-57)68(63-43-32-55(33-44-63)51-20-10-3-11-21-51)66-47-36-59(52-22-12-4-13-23-52)48-65(66)58-24-14-5-15-25-58;1-3-13-34(14-4-1)49-43-20-10-7-17-37(43)40-29-32(23-26-46(40)49)33-24-27-47-41(30-33)38-18-8-12-22-45(38)51(47)36-25-28-48-42(31-36)39-19-9-11-21-44(39)50(48)35-15-5-2-6-16-35;19-1-7-8(2-20)26-14-13(25-7)15-17(29-10(4-22)9(3-21)27-15)18-16(14)28-11(5-23)12(6-24)30-18/h1-48H;1-31H;. The maximum Gasteiger partial charge on any atom is 0.177 e. The summed E-state index contributed by atoms with van der Waals surface area (Å²) in [6.07, 6.45) is 0. The van der Waals surface area contributed by atoms with E-state index >= 15 is 0 Å². The minimum atomic E-state index is -0.294. The van der Waals surface area contributed by atoms with Gasteiger partial charge in [0.2, 0.25) is 0 Å². The molecule has 692 valence electrons. The van der Waals surface area contributed by atoms with E-state index in [1.165, 1.54) is 132 Å². The molecule has 0 saturated heterocycles. The zero-order chi connectivity index (χ0) is 100. The molecule has 0 amide bonds. The third-order valence-electron chi connectivity index (χ3n) is 27.3. The molecule has 26 rings (SSSR count). The van der Waals surface area contributed by atoms with Crippen LogP contribution in [0.1, 0.15) is 34.2 Å². The van der Waals surface area contributed by atoms with Gasteiger partial charge in [-0.25, -0.2) is 29.9 Å². The molecule has 0 bridgehead atoms. The Hall–Kier alpha value is -21.6. The van der Waals surface area contributed by atoms with Gasteiger partial charge >= 0.3 is 0 Å². The van der Waals surface area contributed by atoms with Gasteiger partial charge in [-0.15, -0.1) is 0 Å². The lowest BCUT2D eigenvalue weighted by molar-refractivity contribution is 1.15. The van der Waals surface area contributed by atoms with Crippen LogP contribution in [-0.4, -0.2) is 43.6 Å². The van der Waals surface area contributed by atoms with E-state index in [0.29, 0.717) is 0 Å². The number of nitriles is 6. The lowest BCUT2D eigenvalue weighted by Gasteiger charge is -2.29. The van der Waals surface area contributed by atoms with Crippen LogP contribution in [0.4, 0.5) is 34.1 Å². The zero-order valence-corrected chi connectivity index (χ0v) is 79.7. The maximum absolute atomic E-state index is 9.29. The molecule has 0 radical (unpaired) electrons. The fourth-order valence-electron chi connectivity index (χ4n) is 20.3. The van der Waals surface area contributed by atoms with Crippen LogP contribution >= 0.6 is 0 Å². The topological polar surface area (TPSA) is 241 Å². The van der Waals surface area contributed by atoms with Gasteiger partial charge in [0.25, 0.3) is 0 Å². The summed E-state index contributed by atoms with van der Waals surface area (Å²) in [5.41, 5.74) is 32.0. The molecule has 0 fully saturated rings. The van der Waals surface area contributed by atoms with Crippen LogP contribution in [0, 0.1) is 68.0 Å². The number of aromatic nitrogens is 9. The molecule has 17 nitrogen and oxygen atoms in total. The van der Waals surface area contributed by atoms with Gasteiger partial charge in [0.05, 0.1) is 38.8 Å². The first-order valence-electron chi connectivity index (χ1n) is 48.5. The Labute approximate surface area is 856 Å². The zero-order valence-electron chi connectivity index (χ0n) is 79.7. The highest BCUT2D eigenvalue weighted by Crippen LogP contribution is 2.48. The molecule has 6 heterocycles. The van der Waals surface area contributed by atoms with Crippen LogP contribution in [0.15, 0.2) is 479 Å². The van der Waals surface area contributed by atoms with Crippen molar-refractivity contribution in [2.24, 2.45) is 0 Å².